The Hall–Kier alpha value is -3.00. The van der Waals surface area contributed by atoms with Crippen LogP contribution >= 0.6 is 0 Å². The summed E-state index contributed by atoms with van der Waals surface area (Å²) in [4.78, 5) is 33.4. The van der Waals surface area contributed by atoms with Crippen molar-refractivity contribution in [1.29, 1.82) is 0 Å². The van der Waals surface area contributed by atoms with Crippen molar-refractivity contribution in [1.82, 2.24) is 20.2 Å². The standard InChI is InChI=1S/C19H21N5O3/c25-18-11-24(6-5-20-18)10-15-4-3-13(9-21-15)16-7-14(12-1-2-12)8-17(22-16)23-19(26)27/h3-4,7-9,12H,1-2,5-6,10-11H2,(H,20,25)(H,22,23)(H,26,27). The average molecular weight is 367 g/mol. The fourth-order valence-electron chi connectivity index (χ4n) is 3.25. The quantitative estimate of drug-likeness (QED) is 0.746. The Morgan fingerprint density at radius 3 is 2.85 bits per heavy atom. The predicted molar refractivity (Wildman–Crippen MR) is 99.4 cm³/mol. The van der Waals surface area contributed by atoms with Crippen LogP contribution in [-0.2, 0) is 11.3 Å². The zero-order valence-electron chi connectivity index (χ0n) is 14.8. The Morgan fingerprint density at radius 1 is 1.33 bits per heavy atom. The fraction of sp³-hybridized carbons (Fsp3) is 0.368. The molecule has 27 heavy (non-hydrogen) atoms. The summed E-state index contributed by atoms with van der Waals surface area (Å²) in [6.45, 7) is 2.48. The van der Waals surface area contributed by atoms with E-state index in [1.54, 1.807) is 12.3 Å². The molecular weight excluding hydrogens is 346 g/mol. The second-order valence-corrected chi connectivity index (χ2v) is 6.97. The average Bonchev–Trinajstić information content (AvgIpc) is 3.47. The topological polar surface area (TPSA) is 107 Å². The Kier molecular flexibility index (Phi) is 4.72. The minimum absolute atomic E-state index is 0.0393. The van der Waals surface area contributed by atoms with Gasteiger partial charge in [-0.3, -0.25) is 20.0 Å². The molecule has 8 heteroatoms. The van der Waals surface area contributed by atoms with Crippen molar-refractivity contribution in [3.05, 3.63) is 41.7 Å². The van der Waals surface area contributed by atoms with Crippen LogP contribution in [0.15, 0.2) is 30.5 Å². The van der Waals surface area contributed by atoms with E-state index >= 15 is 0 Å². The Bertz CT molecular complexity index is 864. The molecule has 0 bridgehead atoms. The van der Waals surface area contributed by atoms with E-state index < -0.39 is 6.09 Å². The molecule has 1 saturated carbocycles. The highest BCUT2D eigenvalue weighted by Gasteiger charge is 2.25. The first kappa shape index (κ1) is 17.4. The first-order valence-electron chi connectivity index (χ1n) is 9.03. The van der Waals surface area contributed by atoms with Crippen LogP contribution in [0.4, 0.5) is 10.6 Å². The lowest BCUT2D eigenvalue weighted by atomic mass is 10.1. The largest absolute Gasteiger partial charge is 0.465 e. The molecule has 8 nitrogen and oxygen atoms in total. The number of aromatic nitrogens is 2. The molecule has 0 unspecified atom stereocenters. The van der Waals surface area contributed by atoms with Gasteiger partial charge in [0, 0.05) is 31.4 Å². The van der Waals surface area contributed by atoms with Gasteiger partial charge in [-0.15, -0.1) is 0 Å². The van der Waals surface area contributed by atoms with Gasteiger partial charge in [-0.1, -0.05) is 0 Å². The van der Waals surface area contributed by atoms with Crippen LogP contribution in [0.25, 0.3) is 11.3 Å². The third-order valence-electron chi connectivity index (χ3n) is 4.75. The number of pyridine rings is 2. The summed E-state index contributed by atoms with van der Waals surface area (Å²) in [6.07, 6.45) is 2.87. The normalized spacial score (nSPS) is 17.4. The van der Waals surface area contributed by atoms with Crippen LogP contribution in [0, 0.1) is 0 Å². The molecule has 2 fully saturated rings. The van der Waals surface area contributed by atoms with E-state index in [2.05, 4.69) is 25.5 Å². The van der Waals surface area contributed by atoms with Gasteiger partial charge in [-0.05, 0) is 48.6 Å². The van der Waals surface area contributed by atoms with Gasteiger partial charge in [0.25, 0.3) is 0 Å². The molecular formula is C19H21N5O3. The van der Waals surface area contributed by atoms with Crippen LogP contribution in [0.3, 0.4) is 0 Å². The molecule has 4 rings (SSSR count). The van der Waals surface area contributed by atoms with Crippen molar-refractivity contribution in [3.63, 3.8) is 0 Å². The first-order chi connectivity index (χ1) is 13.1. The van der Waals surface area contributed by atoms with E-state index in [0.29, 0.717) is 37.1 Å². The van der Waals surface area contributed by atoms with Crippen LogP contribution in [-0.4, -0.2) is 51.6 Å². The summed E-state index contributed by atoms with van der Waals surface area (Å²) in [6, 6.07) is 7.68. The summed E-state index contributed by atoms with van der Waals surface area (Å²) >= 11 is 0. The minimum Gasteiger partial charge on any atom is -0.465 e. The van der Waals surface area contributed by atoms with Crippen LogP contribution in [0.5, 0.6) is 0 Å². The zero-order valence-corrected chi connectivity index (χ0v) is 14.8. The SMILES string of the molecule is O=C(O)Nc1cc(C2CC2)cc(-c2ccc(CN3CCNC(=O)C3)nc2)n1. The highest BCUT2D eigenvalue weighted by atomic mass is 16.4. The number of anilines is 1. The van der Waals surface area contributed by atoms with E-state index in [0.717, 1.165) is 36.2 Å². The molecule has 3 heterocycles. The number of carboxylic acid groups (broad SMARTS) is 1. The monoisotopic (exact) mass is 367 g/mol. The Balaban J connectivity index is 1.53. The van der Waals surface area contributed by atoms with Gasteiger partial charge >= 0.3 is 6.09 Å². The number of hydrogen-bond acceptors (Lipinski definition) is 5. The van der Waals surface area contributed by atoms with E-state index in [-0.39, 0.29) is 5.91 Å². The lowest BCUT2D eigenvalue weighted by Crippen LogP contribution is -2.47. The van der Waals surface area contributed by atoms with Gasteiger partial charge in [0.05, 0.1) is 17.9 Å². The smallest absolute Gasteiger partial charge is 0.410 e. The molecule has 1 aliphatic carbocycles. The van der Waals surface area contributed by atoms with Gasteiger partial charge in [-0.2, -0.15) is 0 Å². The molecule has 1 aliphatic heterocycles. The molecule has 140 valence electrons. The van der Waals surface area contributed by atoms with Gasteiger partial charge in [0.1, 0.15) is 5.82 Å². The molecule has 2 aliphatic rings. The van der Waals surface area contributed by atoms with Gasteiger partial charge in [0.15, 0.2) is 0 Å². The Morgan fingerprint density at radius 2 is 2.19 bits per heavy atom. The summed E-state index contributed by atoms with van der Waals surface area (Å²) in [7, 11) is 0. The summed E-state index contributed by atoms with van der Waals surface area (Å²) in [5, 5.41) is 14.1. The lowest BCUT2D eigenvalue weighted by molar-refractivity contribution is -0.124. The second kappa shape index (κ2) is 7.32. The zero-order chi connectivity index (χ0) is 18.8. The molecule has 0 aromatic carbocycles. The van der Waals surface area contributed by atoms with Gasteiger partial charge in [0.2, 0.25) is 5.91 Å². The van der Waals surface area contributed by atoms with E-state index in [1.165, 1.54) is 0 Å². The van der Waals surface area contributed by atoms with Crippen LogP contribution < -0.4 is 10.6 Å². The van der Waals surface area contributed by atoms with Crippen molar-refractivity contribution < 1.29 is 14.7 Å². The van der Waals surface area contributed by atoms with Crippen LogP contribution in [0.1, 0.15) is 30.0 Å². The fourth-order valence-corrected chi connectivity index (χ4v) is 3.25. The number of piperazine rings is 1. The molecule has 2 aromatic heterocycles. The minimum atomic E-state index is -1.12. The van der Waals surface area contributed by atoms with Gasteiger partial charge in [-0.25, -0.2) is 9.78 Å². The molecule has 0 atom stereocenters. The number of hydrogen-bond donors (Lipinski definition) is 3. The number of amides is 2. The van der Waals surface area contributed by atoms with Crippen LogP contribution in [0.2, 0.25) is 0 Å². The molecule has 3 N–H and O–H groups in total. The molecule has 2 amide bonds. The number of nitrogens with zero attached hydrogens (tertiary/aromatic N) is 3. The van der Waals surface area contributed by atoms with E-state index in [1.807, 2.05) is 18.2 Å². The predicted octanol–water partition coefficient (Wildman–Crippen LogP) is 2.04. The van der Waals surface area contributed by atoms with Crippen molar-refractivity contribution in [2.24, 2.45) is 0 Å². The summed E-state index contributed by atoms with van der Waals surface area (Å²) in [5.74, 6) is 0.862. The highest BCUT2D eigenvalue weighted by molar-refractivity contribution is 5.82. The van der Waals surface area contributed by atoms with Crippen molar-refractivity contribution >= 4 is 17.8 Å². The maximum absolute atomic E-state index is 11.5. The second-order valence-electron chi connectivity index (χ2n) is 6.97. The lowest BCUT2D eigenvalue weighted by Gasteiger charge is -2.25. The van der Waals surface area contributed by atoms with Crippen molar-refractivity contribution in [3.8, 4) is 11.3 Å². The van der Waals surface area contributed by atoms with Crippen molar-refractivity contribution in [2.75, 3.05) is 25.0 Å². The molecule has 2 aromatic rings. The maximum atomic E-state index is 11.5. The van der Waals surface area contributed by atoms with E-state index in [9.17, 15) is 9.59 Å². The maximum Gasteiger partial charge on any atom is 0.410 e. The number of rotatable bonds is 5. The first-order valence-corrected chi connectivity index (χ1v) is 9.03. The molecule has 1 saturated heterocycles. The molecule has 0 spiro atoms. The third-order valence-corrected chi connectivity index (χ3v) is 4.75. The third kappa shape index (κ3) is 4.40. The molecule has 0 radical (unpaired) electrons. The number of carbonyl (C=O) groups excluding carboxylic acids is 1. The Labute approximate surface area is 156 Å². The summed E-state index contributed by atoms with van der Waals surface area (Å²) in [5.41, 5.74) is 3.54. The van der Waals surface area contributed by atoms with Crippen molar-refractivity contribution in [2.45, 2.75) is 25.3 Å². The highest BCUT2D eigenvalue weighted by Crippen LogP contribution is 2.41. The number of carbonyl (C=O) groups is 2. The van der Waals surface area contributed by atoms with E-state index in [4.69, 9.17) is 5.11 Å². The van der Waals surface area contributed by atoms with Gasteiger partial charge < -0.3 is 10.4 Å². The summed E-state index contributed by atoms with van der Waals surface area (Å²) < 4.78 is 0. The number of nitrogens with one attached hydrogen (secondary N) is 2.